The highest BCUT2D eigenvalue weighted by molar-refractivity contribution is 7.89. The highest BCUT2D eigenvalue weighted by Gasteiger charge is 2.35. The Labute approximate surface area is 182 Å². The fraction of sp³-hybridized carbons (Fsp3) is 0.500. The van der Waals surface area contributed by atoms with Gasteiger partial charge >= 0.3 is 0 Å². The second-order valence-electron chi connectivity index (χ2n) is 7.17. The maximum atomic E-state index is 13.2. The summed E-state index contributed by atoms with van der Waals surface area (Å²) in [6, 6.07) is 4.57. The Morgan fingerprint density at radius 3 is 2.97 bits per heavy atom. The second-order valence-corrected chi connectivity index (χ2v) is 9.51. The summed E-state index contributed by atoms with van der Waals surface area (Å²) < 4.78 is 35.3. The largest absolute Gasteiger partial charge is 0.492 e. The van der Waals surface area contributed by atoms with Gasteiger partial charge in [-0.1, -0.05) is 11.6 Å². The number of piperidine rings is 1. The maximum absolute atomic E-state index is 13.2. The van der Waals surface area contributed by atoms with Crippen LogP contribution in [-0.4, -0.2) is 54.4 Å². The molecule has 1 atom stereocenters. The van der Waals surface area contributed by atoms with Gasteiger partial charge in [0.15, 0.2) is 0 Å². The zero-order chi connectivity index (χ0) is 21.6. The van der Waals surface area contributed by atoms with Crippen LogP contribution in [0.25, 0.3) is 0 Å². The number of halogens is 1. The van der Waals surface area contributed by atoms with Crippen molar-refractivity contribution in [3.05, 3.63) is 41.9 Å². The van der Waals surface area contributed by atoms with Gasteiger partial charge in [0, 0.05) is 43.6 Å². The molecule has 1 aliphatic heterocycles. The fourth-order valence-corrected chi connectivity index (χ4v) is 5.43. The zero-order valence-electron chi connectivity index (χ0n) is 17.0. The SMILES string of the molecule is CCOc1ccc(Cl)cc1S(=O)(=O)N1CCC[C@@H](C(=O)NCCCn2ccnc2)C1. The number of hydrogen-bond acceptors (Lipinski definition) is 5. The first-order chi connectivity index (χ1) is 14.4. The summed E-state index contributed by atoms with van der Waals surface area (Å²) in [6.07, 6.45) is 7.38. The molecule has 1 saturated heterocycles. The minimum atomic E-state index is -3.82. The van der Waals surface area contributed by atoms with Gasteiger partial charge in [-0.2, -0.15) is 4.31 Å². The lowest BCUT2D eigenvalue weighted by Crippen LogP contribution is -2.45. The van der Waals surface area contributed by atoms with E-state index < -0.39 is 10.0 Å². The van der Waals surface area contributed by atoms with Crippen LogP contribution >= 0.6 is 11.6 Å². The lowest BCUT2D eigenvalue weighted by Gasteiger charge is -2.31. The topological polar surface area (TPSA) is 93.5 Å². The minimum Gasteiger partial charge on any atom is -0.492 e. The van der Waals surface area contributed by atoms with Crippen LogP contribution in [0.4, 0.5) is 0 Å². The average Bonchev–Trinajstić information content (AvgIpc) is 3.26. The van der Waals surface area contributed by atoms with E-state index in [1.807, 2.05) is 10.8 Å². The average molecular weight is 455 g/mol. The molecule has 0 unspecified atom stereocenters. The molecule has 0 radical (unpaired) electrons. The number of ether oxygens (including phenoxy) is 1. The van der Waals surface area contributed by atoms with Crippen molar-refractivity contribution in [3.63, 3.8) is 0 Å². The van der Waals surface area contributed by atoms with Crippen LogP contribution in [0.5, 0.6) is 5.75 Å². The number of aryl methyl sites for hydroxylation is 1. The molecule has 1 amide bonds. The molecule has 0 saturated carbocycles. The van der Waals surface area contributed by atoms with Crippen LogP contribution in [-0.2, 0) is 21.4 Å². The standard InChI is InChI=1S/C20H27ClN4O4S/c1-2-29-18-7-6-17(21)13-19(18)30(27,28)25-11-3-5-16(14-25)20(26)23-8-4-10-24-12-9-22-15-24/h6-7,9,12-13,15-16H,2-5,8,10-11,14H2,1H3,(H,23,26)/t16-/m1/s1. The Morgan fingerprint density at radius 1 is 1.40 bits per heavy atom. The molecule has 8 nitrogen and oxygen atoms in total. The van der Waals surface area contributed by atoms with Crippen molar-refractivity contribution in [1.82, 2.24) is 19.2 Å². The molecule has 1 aromatic heterocycles. The van der Waals surface area contributed by atoms with Gasteiger partial charge in [-0.3, -0.25) is 4.79 Å². The van der Waals surface area contributed by atoms with E-state index in [2.05, 4.69) is 10.3 Å². The normalized spacial score (nSPS) is 17.6. The van der Waals surface area contributed by atoms with Gasteiger partial charge in [0.25, 0.3) is 0 Å². The van der Waals surface area contributed by atoms with Gasteiger partial charge < -0.3 is 14.6 Å². The highest BCUT2D eigenvalue weighted by Crippen LogP contribution is 2.32. The molecule has 2 heterocycles. The van der Waals surface area contributed by atoms with E-state index in [0.29, 0.717) is 37.6 Å². The summed E-state index contributed by atoms with van der Waals surface area (Å²) in [4.78, 5) is 16.6. The predicted molar refractivity (Wildman–Crippen MR) is 114 cm³/mol. The van der Waals surface area contributed by atoms with E-state index in [4.69, 9.17) is 16.3 Å². The van der Waals surface area contributed by atoms with Crippen LogP contribution in [0.2, 0.25) is 5.02 Å². The zero-order valence-corrected chi connectivity index (χ0v) is 18.5. The molecule has 3 rings (SSSR count). The number of carbonyl (C=O) groups excluding carboxylic acids is 1. The van der Waals surface area contributed by atoms with Crippen LogP contribution in [0.1, 0.15) is 26.2 Å². The lowest BCUT2D eigenvalue weighted by atomic mass is 9.99. The number of nitrogens with one attached hydrogen (secondary N) is 1. The molecular weight excluding hydrogens is 428 g/mol. The summed E-state index contributed by atoms with van der Waals surface area (Å²) in [5, 5.41) is 3.25. The summed E-state index contributed by atoms with van der Waals surface area (Å²) in [6.45, 7) is 3.94. The molecule has 1 N–H and O–H groups in total. The molecule has 1 aliphatic rings. The maximum Gasteiger partial charge on any atom is 0.246 e. The lowest BCUT2D eigenvalue weighted by molar-refractivity contribution is -0.126. The number of imidazole rings is 1. The van der Waals surface area contributed by atoms with Crippen molar-refractivity contribution in [1.29, 1.82) is 0 Å². The van der Waals surface area contributed by atoms with Gasteiger partial charge in [0.05, 0.1) is 18.9 Å². The number of rotatable bonds is 9. The fourth-order valence-electron chi connectivity index (χ4n) is 3.51. The second kappa shape index (κ2) is 10.3. The van der Waals surface area contributed by atoms with Crippen molar-refractivity contribution in [2.75, 3.05) is 26.2 Å². The van der Waals surface area contributed by atoms with Crippen molar-refractivity contribution in [2.24, 2.45) is 5.92 Å². The first kappa shape index (κ1) is 22.6. The minimum absolute atomic E-state index is 0.0400. The monoisotopic (exact) mass is 454 g/mol. The Hall–Kier alpha value is -2.10. The molecule has 164 valence electrons. The Kier molecular flexibility index (Phi) is 7.74. The number of aromatic nitrogens is 2. The molecule has 0 aliphatic carbocycles. The molecule has 1 aromatic carbocycles. The quantitative estimate of drug-likeness (QED) is 0.587. The summed E-state index contributed by atoms with van der Waals surface area (Å²) in [5.74, 6) is -0.221. The number of carbonyl (C=O) groups is 1. The van der Waals surface area contributed by atoms with Crippen LogP contribution < -0.4 is 10.1 Å². The Balaban J connectivity index is 1.62. The number of amides is 1. The third-order valence-electron chi connectivity index (χ3n) is 5.03. The smallest absolute Gasteiger partial charge is 0.246 e. The summed E-state index contributed by atoms with van der Waals surface area (Å²) in [7, 11) is -3.82. The molecule has 10 heteroatoms. The highest BCUT2D eigenvalue weighted by atomic mass is 35.5. The molecule has 0 spiro atoms. The summed E-state index contributed by atoms with van der Waals surface area (Å²) >= 11 is 6.04. The number of hydrogen-bond donors (Lipinski definition) is 1. The van der Waals surface area contributed by atoms with E-state index in [-0.39, 0.29) is 29.0 Å². The van der Waals surface area contributed by atoms with E-state index in [9.17, 15) is 13.2 Å². The Morgan fingerprint density at radius 2 is 2.23 bits per heavy atom. The van der Waals surface area contributed by atoms with Crippen molar-refractivity contribution in [2.45, 2.75) is 37.6 Å². The third kappa shape index (κ3) is 5.53. The number of nitrogens with zero attached hydrogens (tertiary/aromatic N) is 3. The number of sulfonamides is 1. The Bertz CT molecular complexity index is 950. The van der Waals surface area contributed by atoms with E-state index >= 15 is 0 Å². The van der Waals surface area contributed by atoms with E-state index in [1.54, 1.807) is 31.6 Å². The van der Waals surface area contributed by atoms with Crippen molar-refractivity contribution >= 4 is 27.5 Å². The van der Waals surface area contributed by atoms with Gasteiger partial charge in [-0.25, -0.2) is 13.4 Å². The molecule has 30 heavy (non-hydrogen) atoms. The van der Waals surface area contributed by atoms with Gasteiger partial charge in [-0.15, -0.1) is 0 Å². The van der Waals surface area contributed by atoms with Gasteiger partial charge in [-0.05, 0) is 44.4 Å². The van der Waals surface area contributed by atoms with E-state index in [1.165, 1.54) is 10.4 Å². The molecular formula is C20H27ClN4O4S. The van der Waals surface area contributed by atoms with Gasteiger partial charge in [0.1, 0.15) is 10.6 Å². The first-order valence-electron chi connectivity index (χ1n) is 10.1. The van der Waals surface area contributed by atoms with Crippen molar-refractivity contribution in [3.8, 4) is 5.75 Å². The van der Waals surface area contributed by atoms with Gasteiger partial charge in [0.2, 0.25) is 15.9 Å². The molecule has 2 aromatic rings. The van der Waals surface area contributed by atoms with E-state index in [0.717, 1.165) is 13.0 Å². The summed E-state index contributed by atoms with van der Waals surface area (Å²) in [5.41, 5.74) is 0. The number of benzene rings is 1. The van der Waals surface area contributed by atoms with Crippen LogP contribution in [0.3, 0.4) is 0 Å². The molecule has 1 fully saturated rings. The van der Waals surface area contributed by atoms with Crippen molar-refractivity contribution < 1.29 is 17.9 Å². The molecule has 0 bridgehead atoms. The predicted octanol–water partition coefficient (Wildman–Crippen LogP) is 2.54. The van der Waals surface area contributed by atoms with Crippen LogP contribution in [0, 0.1) is 5.92 Å². The first-order valence-corrected chi connectivity index (χ1v) is 11.9. The third-order valence-corrected chi connectivity index (χ3v) is 7.15. The van der Waals surface area contributed by atoms with Crippen LogP contribution in [0.15, 0.2) is 41.8 Å².